The molecule has 0 atom stereocenters. The average Bonchev–Trinajstić information content (AvgIpc) is 3.27. The predicted molar refractivity (Wildman–Crippen MR) is 73.0 cm³/mol. The van der Waals surface area contributed by atoms with Crippen molar-refractivity contribution in [3.8, 4) is 0 Å². The molecule has 0 unspecified atom stereocenters. The van der Waals surface area contributed by atoms with Crippen molar-refractivity contribution in [1.82, 2.24) is 9.97 Å². The molecule has 1 amide bonds. The average molecular weight is 290 g/mol. The lowest BCUT2D eigenvalue weighted by Crippen LogP contribution is -2.16. The number of anilines is 2. The first-order valence-corrected chi connectivity index (χ1v) is 6.47. The lowest BCUT2D eigenvalue weighted by molar-refractivity contribution is 0.102. The molecule has 5 nitrogen and oxygen atoms in total. The molecule has 0 aliphatic heterocycles. The second kappa shape index (κ2) is 5.43. The standard InChI is InChI=1S/C14H12F2N4O/c15-9-2-1-3-10(16)13(9)20-14(21)11-6-12(18-7-17-11)19-8-4-5-8/h1-3,6-8H,4-5H2,(H,20,21)(H,17,18,19). The molecule has 1 aliphatic carbocycles. The Balaban J connectivity index is 1.78. The Hall–Kier alpha value is -2.57. The van der Waals surface area contributed by atoms with Crippen LogP contribution in [0.25, 0.3) is 0 Å². The van der Waals surface area contributed by atoms with E-state index in [2.05, 4.69) is 20.6 Å². The number of amides is 1. The fraction of sp³-hybridized carbons (Fsp3) is 0.214. The third-order valence-electron chi connectivity index (χ3n) is 3.03. The molecular formula is C14H12F2N4O. The van der Waals surface area contributed by atoms with Gasteiger partial charge in [-0.25, -0.2) is 18.7 Å². The highest BCUT2D eigenvalue weighted by molar-refractivity contribution is 6.03. The first-order valence-electron chi connectivity index (χ1n) is 6.47. The molecule has 1 aliphatic rings. The van der Waals surface area contributed by atoms with Crippen molar-refractivity contribution in [3.05, 3.63) is 47.9 Å². The molecule has 1 saturated carbocycles. The molecule has 1 fully saturated rings. The van der Waals surface area contributed by atoms with Gasteiger partial charge < -0.3 is 10.6 Å². The fourth-order valence-electron chi connectivity index (χ4n) is 1.79. The van der Waals surface area contributed by atoms with Gasteiger partial charge in [0.15, 0.2) is 0 Å². The van der Waals surface area contributed by atoms with Crippen LogP contribution in [0.3, 0.4) is 0 Å². The van der Waals surface area contributed by atoms with E-state index in [0.717, 1.165) is 25.0 Å². The maximum Gasteiger partial charge on any atom is 0.274 e. The smallest absolute Gasteiger partial charge is 0.274 e. The minimum absolute atomic E-state index is 0.0378. The molecule has 1 aromatic carbocycles. The Morgan fingerprint density at radius 1 is 1.19 bits per heavy atom. The summed E-state index contributed by atoms with van der Waals surface area (Å²) in [5.74, 6) is -1.85. The second-order valence-corrected chi connectivity index (χ2v) is 4.76. The number of nitrogens with zero attached hydrogens (tertiary/aromatic N) is 2. The van der Waals surface area contributed by atoms with Crippen LogP contribution >= 0.6 is 0 Å². The van der Waals surface area contributed by atoms with Gasteiger partial charge in [-0.3, -0.25) is 4.79 Å². The zero-order chi connectivity index (χ0) is 14.8. The summed E-state index contributed by atoms with van der Waals surface area (Å²) >= 11 is 0. The van der Waals surface area contributed by atoms with Gasteiger partial charge in [0.1, 0.15) is 35.2 Å². The van der Waals surface area contributed by atoms with Crippen molar-refractivity contribution in [3.63, 3.8) is 0 Å². The van der Waals surface area contributed by atoms with Crippen LogP contribution in [0.1, 0.15) is 23.3 Å². The molecule has 2 N–H and O–H groups in total. The minimum Gasteiger partial charge on any atom is -0.367 e. The summed E-state index contributed by atoms with van der Waals surface area (Å²) in [7, 11) is 0. The van der Waals surface area contributed by atoms with Gasteiger partial charge >= 0.3 is 0 Å². The van der Waals surface area contributed by atoms with E-state index in [4.69, 9.17) is 0 Å². The van der Waals surface area contributed by atoms with Crippen molar-refractivity contribution in [2.75, 3.05) is 10.6 Å². The third kappa shape index (κ3) is 3.13. The molecule has 0 bridgehead atoms. The number of halogens is 2. The lowest BCUT2D eigenvalue weighted by atomic mass is 10.2. The van der Waals surface area contributed by atoms with Crippen molar-refractivity contribution in [1.29, 1.82) is 0 Å². The zero-order valence-corrected chi connectivity index (χ0v) is 10.9. The Labute approximate surface area is 119 Å². The summed E-state index contributed by atoms with van der Waals surface area (Å²) in [6.45, 7) is 0. The third-order valence-corrected chi connectivity index (χ3v) is 3.03. The molecule has 2 aromatic rings. The molecule has 7 heteroatoms. The Morgan fingerprint density at radius 2 is 1.90 bits per heavy atom. The molecule has 1 aromatic heterocycles. The monoisotopic (exact) mass is 290 g/mol. The summed E-state index contributed by atoms with van der Waals surface area (Å²) in [4.78, 5) is 19.8. The molecule has 108 valence electrons. The van der Waals surface area contributed by atoms with E-state index in [-0.39, 0.29) is 5.69 Å². The van der Waals surface area contributed by atoms with Crippen molar-refractivity contribution >= 4 is 17.4 Å². The van der Waals surface area contributed by atoms with E-state index < -0.39 is 23.2 Å². The SMILES string of the molecule is O=C(Nc1c(F)cccc1F)c1cc(NC2CC2)ncn1. The van der Waals surface area contributed by atoms with Crippen LogP contribution in [0, 0.1) is 11.6 Å². The van der Waals surface area contributed by atoms with Crippen LogP contribution < -0.4 is 10.6 Å². The maximum atomic E-state index is 13.5. The van der Waals surface area contributed by atoms with Crippen LogP contribution in [-0.4, -0.2) is 21.9 Å². The highest BCUT2D eigenvalue weighted by atomic mass is 19.1. The topological polar surface area (TPSA) is 66.9 Å². The lowest BCUT2D eigenvalue weighted by Gasteiger charge is -2.08. The molecule has 0 saturated heterocycles. The number of rotatable bonds is 4. The van der Waals surface area contributed by atoms with Gasteiger partial charge in [0.25, 0.3) is 5.91 Å². The van der Waals surface area contributed by atoms with Crippen molar-refractivity contribution < 1.29 is 13.6 Å². The molecular weight excluding hydrogens is 278 g/mol. The molecule has 3 rings (SSSR count). The highest BCUT2D eigenvalue weighted by Gasteiger charge is 2.22. The van der Waals surface area contributed by atoms with E-state index >= 15 is 0 Å². The van der Waals surface area contributed by atoms with E-state index in [1.807, 2.05) is 0 Å². The molecule has 0 spiro atoms. The van der Waals surface area contributed by atoms with Gasteiger partial charge in [0.2, 0.25) is 0 Å². The maximum absolute atomic E-state index is 13.5. The number of carbonyl (C=O) groups is 1. The van der Waals surface area contributed by atoms with Crippen LogP contribution in [0.2, 0.25) is 0 Å². The van der Waals surface area contributed by atoms with Gasteiger partial charge in [-0.1, -0.05) is 6.07 Å². The second-order valence-electron chi connectivity index (χ2n) is 4.76. The van der Waals surface area contributed by atoms with Crippen molar-refractivity contribution in [2.24, 2.45) is 0 Å². The number of carbonyl (C=O) groups excluding carboxylic acids is 1. The normalized spacial score (nSPS) is 13.8. The molecule has 0 radical (unpaired) electrons. The first kappa shape index (κ1) is 13.4. The van der Waals surface area contributed by atoms with E-state index in [9.17, 15) is 13.6 Å². The van der Waals surface area contributed by atoms with Crippen LogP contribution in [0.4, 0.5) is 20.3 Å². The highest BCUT2D eigenvalue weighted by Crippen LogP contribution is 2.24. The Kier molecular flexibility index (Phi) is 3.47. The summed E-state index contributed by atoms with van der Waals surface area (Å²) in [5.41, 5.74) is -0.450. The van der Waals surface area contributed by atoms with Gasteiger partial charge in [-0.05, 0) is 25.0 Å². The van der Waals surface area contributed by atoms with Gasteiger partial charge in [0.05, 0.1) is 0 Å². The number of nitrogens with one attached hydrogen (secondary N) is 2. The summed E-state index contributed by atoms with van der Waals surface area (Å²) in [6.07, 6.45) is 3.36. The number of para-hydroxylation sites is 1. The minimum atomic E-state index is -0.839. The predicted octanol–water partition coefficient (Wildman–Crippen LogP) is 2.58. The van der Waals surface area contributed by atoms with Crippen LogP contribution in [0.15, 0.2) is 30.6 Å². The first-order chi connectivity index (χ1) is 10.1. The van der Waals surface area contributed by atoms with Gasteiger partial charge in [0, 0.05) is 12.1 Å². The number of benzene rings is 1. The fourth-order valence-corrected chi connectivity index (χ4v) is 1.79. The quantitative estimate of drug-likeness (QED) is 0.908. The summed E-state index contributed by atoms with van der Waals surface area (Å²) in [6, 6.07) is 5.19. The molecule has 1 heterocycles. The number of aromatic nitrogens is 2. The van der Waals surface area contributed by atoms with E-state index in [1.54, 1.807) is 0 Å². The Morgan fingerprint density at radius 3 is 2.57 bits per heavy atom. The molecule has 21 heavy (non-hydrogen) atoms. The summed E-state index contributed by atoms with van der Waals surface area (Å²) in [5, 5.41) is 5.30. The van der Waals surface area contributed by atoms with Crippen LogP contribution in [-0.2, 0) is 0 Å². The Bertz CT molecular complexity index is 668. The van der Waals surface area contributed by atoms with Gasteiger partial charge in [-0.15, -0.1) is 0 Å². The van der Waals surface area contributed by atoms with E-state index in [1.165, 1.54) is 18.5 Å². The van der Waals surface area contributed by atoms with E-state index in [0.29, 0.717) is 11.9 Å². The largest absolute Gasteiger partial charge is 0.367 e. The summed E-state index contributed by atoms with van der Waals surface area (Å²) < 4.78 is 27.0. The number of hydrogen-bond donors (Lipinski definition) is 2. The zero-order valence-electron chi connectivity index (χ0n) is 10.9. The van der Waals surface area contributed by atoms with Crippen molar-refractivity contribution in [2.45, 2.75) is 18.9 Å². The van der Waals surface area contributed by atoms with Gasteiger partial charge in [-0.2, -0.15) is 0 Å². The van der Waals surface area contributed by atoms with Crippen LogP contribution in [0.5, 0.6) is 0 Å². The number of hydrogen-bond acceptors (Lipinski definition) is 4.